The van der Waals surface area contributed by atoms with Crippen molar-refractivity contribution in [2.75, 3.05) is 31.1 Å². The van der Waals surface area contributed by atoms with E-state index in [9.17, 15) is 18.0 Å². The second kappa shape index (κ2) is 7.94. The SMILES string of the molecule is O=C(c1ccc(-c2cccc(C(F)(F)F)c2)o1)N1CCN(c2nc3cccnc3s2)CC1. The molecule has 3 aromatic heterocycles. The Bertz CT molecular complexity index is 1240. The highest BCUT2D eigenvalue weighted by Gasteiger charge is 2.31. The summed E-state index contributed by atoms with van der Waals surface area (Å²) in [6.45, 7) is 2.21. The fraction of sp³-hybridized carbons (Fsp3) is 0.227. The fourth-order valence-electron chi connectivity index (χ4n) is 3.61. The molecule has 32 heavy (non-hydrogen) atoms. The number of carbonyl (C=O) groups is 1. The highest BCUT2D eigenvalue weighted by atomic mass is 32.1. The molecule has 1 aromatic carbocycles. The van der Waals surface area contributed by atoms with Gasteiger partial charge in [0.25, 0.3) is 5.91 Å². The summed E-state index contributed by atoms with van der Waals surface area (Å²) in [6, 6.07) is 11.6. The minimum Gasteiger partial charge on any atom is -0.451 e. The van der Waals surface area contributed by atoms with Crippen molar-refractivity contribution in [3.8, 4) is 11.3 Å². The molecule has 1 aliphatic rings. The molecule has 1 saturated heterocycles. The third kappa shape index (κ3) is 3.93. The number of hydrogen-bond acceptors (Lipinski definition) is 6. The van der Waals surface area contributed by atoms with Crippen LogP contribution in [-0.4, -0.2) is 47.0 Å². The lowest BCUT2D eigenvalue weighted by Crippen LogP contribution is -2.48. The van der Waals surface area contributed by atoms with Gasteiger partial charge < -0.3 is 14.2 Å². The number of amides is 1. The van der Waals surface area contributed by atoms with Crippen LogP contribution in [0, 0.1) is 0 Å². The third-order valence-corrected chi connectivity index (χ3v) is 6.32. The average molecular weight is 458 g/mol. The fourth-order valence-corrected chi connectivity index (χ4v) is 4.57. The monoisotopic (exact) mass is 458 g/mol. The van der Waals surface area contributed by atoms with E-state index in [1.165, 1.54) is 35.6 Å². The van der Waals surface area contributed by atoms with E-state index in [1.54, 1.807) is 11.1 Å². The number of benzene rings is 1. The number of halogens is 3. The van der Waals surface area contributed by atoms with Crippen molar-refractivity contribution in [3.05, 3.63) is 66.1 Å². The number of piperazine rings is 1. The summed E-state index contributed by atoms with van der Waals surface area (Å²) in [6.07, 6.45) is -2.71. The predicted octanol–water partition coefficient (Wildman–Crippen LogP) is 4.93. The predicted molar refractivity (Wildman–Crippen MR) is 115 cm³/mol. The highest BCUT2D eigenvalue weighted by molar-refractivity contribution is 7.21. The maximum Gasteiger partial charge on any atom is 0.416 e. The molecular formula is C22H17F3N4O2S. The molecule has 1 aliphatic heterocycles. The minimum absolute atomic E-state index is 0.107. The average Bonchev–Trinajstić information content (AvgIpc) is 3.46. The molecule has 0 atom stereocenters. The van der Waals surface area contributed by atoms with E-state index >= 15 is 0 Å². The van der Waals surface area contributed by atoms with Crippen LogP contribution in [0.25, 0.3) is 21.7 Å². The number of furan rings is 1. The van der Waals surface area contributed by atoms with E-state index < -0.39 is 11.7 Å². The van der Waals surface area contributed by atoms with Crippen LogP contribution in [0.2, 0.25) is 0 Å². The first-order valence-electron chi connectivity index (χ1n) is 9.92. The van der Waals surface area contributed by atoms with Gasteiger partial charge in [-0.3, -0.25) is 4.79 Å². The molecular weight excluding hydrogens is 441 g/mol. The number of aromatic nitrogens is 2. The van der Waals surface area contributed by atoms with Crippen molar-refractivity contribution < 1.29 is 22.4 Å². The number of rotatable bonds is 3. The van der Waals surface area contributed by atoms with Gasteiger partial charge in [0, 0.05) is 37.9 Å². The second-order valence-corrected chi connectivity index (χ2v) is 8.30. The number of hydrogen-bond donors (Lipinski definition) is 0. The summed E-state index contributed by atoms with van der Waals surface area (Å²) in [5.74, 6) is 0.0453. The molecule has 10 heteroatoms. The maximum absolute atomic E-state index is 13.0. The van der Waals surface area contributed by atoms with Crippen LogP contribution in [0.1, 0.15) is 16.1 Å². The summed E-state index contributed by atoms with van der Waals surface area (Å²) in [4.78, 5) is 26.5. The Morgan fingerprint density at radius 1 is 1.03 bits per heavy atom. The molecule has 0 saturated carbocycles. The number of thiazole rings is 1. The van der Waals surface area contributed by atoms with Crippen LogP contribution >= 0.6 is 11.3 Å². The zero-order chi connectivity index (χ0) is 22.3. The molecule has 0 unspecified atom stereocenters. The van der Waals surface area contributed by atoms with Crippen LogP contribution in [0.3, 0.4) is 0 Å². The molecule has 0 radical (unpaired) electrons. The van der Waals surface area contributed by atoms with Gasteiger partial charge in [-0.25, -0.2) is 9.97 Å². The van der Waals surface area contributed by atoms with Crippen LogP contribution in [0.4, 0.5) is 18.3 Å². The minimum atomic E-state index is -4.44. The van der Waals surface area contributed by atoms with Gasteiger partial charge in [-0.05, 0) is 36.4 Å². The van der Waals surface area contributed by atoms with E-state index in [0.29, 0.717) is 26.2 Å². The van der Waals surface area contributed by atoms with Crippen LogP contribution < -0.4 is 4.90 Å². The molecule has 5 rings (SSSR count). The van der Waals surface area contributed by atoms with E-state index in [-0.39, 0.29) is 23.0 Å². The van der Waals surface area contributed by atoms with Gasteiger partial charge in [0.05, 0.1) is 5.56 Å². The first-order valence-corrected chi connectivity index (χ1v) is 10.7. The molecule has 0 bridgehead atoms. The molecule has 1 amide bonds. The Balaban J connectivity index is 1.27. The first kappa shape index (κ1) is 20.5. The molecule has 4 heterocycles. The summed E-state index contributed by atoms with van der Waals surface area (Å²) in [5, 5.41) is 0.871. The summed E-state index contributed by atoms with van der Waals surface area (Å²) in [5.41, 5.74) is 0.359. The lowest BCUT2D eigenvalue weighted by molar-refractivity contribution is -0.137. The molecule has 164 valence electrons. The lowest BCUT2D eigenvalue weighted by Gasteiger charge is -2.34. The van der Waals surface area contributed by atoms with Crippen LogP contribution in [0.15, 0.2) is 59.1 Å². The van der Waals surface area contributed by atoms with Crippen LogP contribution in [0.5, 0.6) is 0 Å². The second-order valence-electron chi connectivity index (χ2n) is 7.35. The number of anilines is 1. The topological polar surface area (TPSA) is 62.5 Å². The summed E-state index contributed by atoms with van der Waals surface area (Å²) in [7, 11) is 0. The Morgan fingerprint density at radius 3 is 2.59 bits per heavy atom. The van der Waals surface area contributed by atoms with Crippen molar-refractivity contribution in [1.82, 2.24) is 14.9 Å². The summed E-state index contributed by atoms with van der Waals surface area (Å²) < 4.78 is 44.5. The van der Waals surface area contributed by atoms with Gasteiger partial charge in [-0.15, -0.1) is 0 Å². The van der Waals surface area contributed by atoms with Gasteiger partial charge in [0.15, 0.2) is 10.9 Å². The number of fused-ring (bicyclic) bond motifs is 1. The number of nitrogens with zero attached hydrogens (tertiary/aromatic N) is 4. The first-order chi connectivity index (χ1) is 15.4. The van der Waals surface area contributed by atoms with E-state index in [0.717, 1.165) is 27.6 Å². The van der Waals surface area contributed by atoms with Crippen molar-refractivity contribution >= 4 is 32.7 Å². The quantitative estimate of drug-likeness (QED) is 0.436. The van der Waals surface area contributed by atoms with E-state index in [2.05, 4.69) is 14.9 Å². The molecule has 1 fully saturated rings. The van der Waals surface area contributed by atoms with E-state index in [1.807, 2.05) is 12.1 Å². The van der Waals surface area contributed by atoms with Crippen molar-refractivity contribution in [2.45, 2.75) is 6.18 Å². The zero-order valence-electron chi connectivity index (χ0n) is 16.7. The highest BCUT2D eigenvalue weighted by Crippen LogP contribution is 2.33. The molecule has 0 N–H and O–H groups in total. The smallest absolute Gasteiger partial charge is 0.416 e. The van der Waals surface area contributed by atoms with Gasteiger partial charge >= 0.3 is 6.18 Å². The standard InChI is InChI=1S/C22H17F3N4O2S/c23-22(24,25)15-4-1-3-14(13-15)17-6-7-18(31-17)20(30)28-9-11-29(12-10-28)21-27-16-5-2-8-26-19(16)32-21/h1-8,13H,9-12H2. The van der Waals surface area contributed by atoms with Crippen molar-refractivity contribution in [3.63, 3.8) is 0 Å². The Labute approximate surface area is 184 Å². The van der Waals surface area contributed by atoms with Crippen LogP contribution in [-0.2, 0) is 6.18 Å². The van der Waals surface area contributed by atoms with Gasteiger partial charge in [-0.2, -0.15) is 13.2 Å². The van der Waals surface area contributed by atoms with Crippen molar-refractivity contribution in [2.24, 2.45) is 0 Å². The molecule has 6 nitrogen and oxygen atoms in total. The molecule has 0 spiro atoms. The number of alkyl halides is 3. The number of carbonyl (C=O) groups excluding carboxylic acids is 1. The summed E-state index contributed by atoms with van der Waals surface area (Å²) >= 11 is 1.52. The Morgan fingerprint density at radius 2 is 1.84 bits per heavy atom. The molecule has 0 aliphatic carbocycles. The zero-order valence-corrected chi connectivity index (χ0v) is 17.5. The Kier molecular flexibility index (Phi) is 5.09. The maximum atomic E-state index is 13.0. The van der Waals surface area contributed by atoms with Gasteiger partial charge in [0.2, 0.25) is 0 Å². The van der Waals surface area contributed by atoms with Gasteiger partial charge in [0.1, 0.15) is 16.1 Å². The van der Waals surface area contributed by atoms with Gasteiger partial charge in [-0.1, -0.05) is 23.5 Å². The van der Waals surface area contributed by atoms with E-state index in [4.69, 9.17) is 4.42 Å². The normalized spacial score (nSPS) is 14.8. The third-order valence-electron chi connectivity index (χ3n) is 5.28. The lowest BCUT2D eigenvalue weighted by atomic mass is 10.1. The largest absolute Gasteiger partial charge is 0.451 e. The Hall–Kier alpha value is -3.40. The number of pyridine rings is 1. The van der Waals surface area contributed by atoms with Crippen molar-refractivity contribution in [1.29, 1.82) is 0 Å². The molecule has 4 aromatic rings.